The molecule has 3 rings (SSSR count). The average molecular weight is 325 g/mol. The van der Waals surface area contributed by atoms with Crippen molar-refractivity contribution >= 4 is 32.1 Å². The predicted octanol–water partition coefficient (Wildman–Crippen LogP) is 4.02. The maximum absolute atomic E-state index is 13.4. The summed E-state index contributed by atoms with van der Waals surface area (Å²) < 4.78 is 28.9. The Morgan fingerprint density at radius 3 is 2.43 bits per heavy atom. The normalized spacial score (nSPS) is 14.5. The van der Waals surface area contributed by atoms with Gasteiger partial charge in [-0.3, -0.25) is 0 Å². The van der Waals surface area contributed by atoms with E-state index in [9.17, 15) is 13.9 Å². The van der Waals surface area contributed by atoms with Crippen LogP contribution in [0.2, 0.25) is 0 Å². The maximum Gasteiger partial charge on any atom is 0.126 e. The van der Waals surface area contributed by atoms with E-state index in [-0.39, 0.29) is 6.54 Å². The Bertz CT molecular complexity index is 719. The zero-order valence-electron chi connectivity index (χ0n) is 10.9. The third-order valence-electron chi connectivity index (χ3n) is 3.40. The van der Waals surface area contributed by atoms with Crippen molar-refractivity contribution in [1.82, 2.24) is 0 Å². The van der Waals surface area contributed by atoms with Crippen LogP contribution >= 0.6 is 22.7 Å². The smallest absolute Gasteiger partial charge is 0.126 e. The van der Waals surface area contributed by atoms with Gasteiger partial charge in [-0.2, -0.15) is 0 Å². The molecule has 1 aromatic carbocycles. The molecule has 2 heterocycles. The minimum Gasteiger partial charge on any atom is -0.387 e. The number of fused-ring (bicyclic) bond motifs is 1. The Balaban J connectivity index is 1.96. The Hall–Kier alpha value is -1.34. The summed E-state index contributed by atoms with van der Waals surface area (Å²) in [6.45, 7) is 0.107. The molecule has 6 heteroatoms. The third-order valence-corrected chi connectivity index (χ3v) is 5.56. The lowest BCUT2D eigenvalue weighted by Crippen LogP contribution is -2.20. The van der Waals surface area contributed by atoms with E-state index in [1.807, 2.05) is 17.5 Å². The van der Waals surface area contributed by atoms with Gasteiger partial charge in [0.05, 0.1) is 6.10 Å². The standard InChI is InChI=1S/C15H13F2NOS2/c16-9-3-8(4-10(17)5-9)11(7-18)15(19)14-6-13-12(21-14)1-2-20-13/h1-6,11,15,19H,7,18H2. The fourth-order valence-electron chi connectivity index (χ4n) is 2.36. The van der Waals surface area contributed by atoms with E-state index in [0.717, 1.165) is 20.3 Å². The van der Waals surface area contributed by atoms with Crippen LogP contribution in [0.1, 0.15) is 22.5 Å². The molecular formula is C15H13F2NOS2. The van der Waals surface area contributed by atoms with Crippen molar-refractivity contribution in [2.75, 3.05) is 6.54 Å². The van der Waals surface area contributed by atoms with E-state index in [0.29, 0.717) is 5.56 Å². The molecule has 3 aromatic rings. The van der Waals surface area contributed by atoms with Crippen molar-refractivity contribution in [3.05, 3.63) is 57.8 Å². The van der Waals surface area contributed by atoms with Gasteiger partial charge in [-0.15, -0.1) is 22.7 Å². The first-order valence-corrected chi connectivity index (χ1v) is 8.09. The van der Waals surface area contributed by atoms with Crippen molar-refractivity contribution in [2.45, 2.75) is 12.0 Å². The second-order valence-electron chi connectivity index (χ2n) is 4.79. The summed E-state index contributed by atoms with van der Waals surface area (Å²) in [5, 5.41) is 12.5. The number of hydrogen-bond acceptors (Lipinski definition) is 4. The molecule has 2 atom stereocenters. The molecule has 0 saturated heterocycles. The van der Waals surface area contributed by atoms with Crippen LogP contribution < -0.4 is 5.73 Å². The van der Waals surface area contributed by atoms with Gasteiger partial charge in [0.25, 0.3) is 0 Å². The highest BCUT2D eigenvalue weighted by atomic mass is 32.1. The Morgan fingerprint density at radius 2 is 1.81 bits per heavy atom. The van der Waals surface area contributed by atoms with Crippen molar-refractivity contribution in [1.29, 1.82) is 0 Å². The lowest BCUT2D eigenvalue weighted by atomic mass is 9.92. The number of nitrogens with two attached hydrogens (primary N) is 1. The van der Waals surface area contributed by atoms with Crippen LogP contribution in [-0.2, 0) is 0 Å². The van der Waals surface area contributed by atoms with Gasteiger partial charge >= 0.3 is 0 Å². The molecule has 0 saturated carbocycles. The van der Waals surface area contributed by atoms with Gasteiger partial charge in [0.15, 0.2) is 0 Å². The fourth-order valence-corrected chi connectivity index (χ4v) is 4.54. The zero-order valence-corrected chi connectivity index (χ0v) is 12.6. The predicted molar refractivity (Wildman–Crippen MR) is 82.8 cm³/mol. The summed E-state index contributed by atoms with van der Waals surface area (Å²) in [5.74, 6) is -1.87. The lowest BCUT2D eigenvalue weighted by molar-refractivity contribution is 0.151. The van der Waals surface area contributed by atoms with Gasteiger partial charge in [0.2, 0.25) is 0 Å². The first-order valence-electron chi connectivity index (χ1n) is 6.39. The van der Waals surface area contributed by atoms with Gasteiger partial charge in [-0.05, 0) is 35.2 Å². The molecule has 0 spiro atoms. The zero-order chi connectivity index (χ0) is 15.0. The van der Waals surface area contributed by atoms with Crippen LogP contribution in [0.3, 0.4) is 0 Å². The third kappa shape index (κ3) is 2.85. The molecule has 0 aliphatic heterocycles. The Morgan fingerprint density at radius 1 is 1.10 bits per heavy atom. The first kappa shape index (κ1) is 14.6. The molecule has 0 radical (unpaired) electrons. The van der Waals surface area contributed by atoms with Crippen LogP contribution in [0.25, 0.3) is 9.40 Å². The van der Waals surface area contributed by atoms with Gasteiger partial charge in [-0.1, -0.05) is 0 Å². The molecule has 21 heavy (non-hydrogen) atoms. The highest BCUT2D eigenvalue weighted by molar-refractivity contribution is 7.26. The van der Waals surface area contributed by atoms with E-state index >= 15 is 0 Å². The van der Waals surface area contributed by atoms with E-state index in [1.54, 1.807) is 11.3 Å². The average Bonchev–Trinajstić information content (AvgIpc) is 2.98. The molecule has 2 nitrogen and oxygen atoms in total. The number of rotatable bonds is 4. The monoisotopic (exact) mass is 325 g/mol. The summed E-state index contributed by atoms with van der Waals surface area (Å²) in [7, 11) is 0. The van der Waals surface area contributed by atoms with Crippen molar-refractivity contribution in [3.63, 3.8) is 0 Å². The second-order valence-corrected chi connectivity index (χ2v) is 6.85. The number of aliphatic hydroxyl groups is 1. The quantitative estimate of drug-likeness (QED) is 0.761. The Labute approximate surface area is 128 Å². The highest BCUT2D eigenvalue weighted by Crippen LogP contribution is 2.39. The maximum atomic E-state index is 13.4. The van der Waals surface area contributed by atoms with E-state index < -0.39 is 23.7 Å². The number of aliphatic hydroxyl groups excluding tert-OH is 1. The largest absolute Gasteiger partial charge is 0.387 e. The number of hydrogen-bond donors (Lipinski definition) is 2. The van der Waals surface area contributed by atoms with Crippen molar-refractivity contribution < 1.29 is 13.9 Å². The molecule has 2 unspecified atom stereocenters. The topological polar surface area (TPSA) is 46.2 Å². The second kappa shape index (κ2) is 5.81. The molecule has 0 bridgehead atoms. The van der Waals surface area contributed by atoms with Crippen molar-refractivity contribution in [2.24, 2.45) is 5.73 Å². The fraction of sp³-hybridized carbons (Fsp3) is 0.200. The van der Waals surface area contributed by atoms with Crippen molar-refractivity contribution in [3.8, 4) is 0 Å². The molecule has 0 aliphatic carbocycles. The summed E-state index contributed by atoms with van der Waals surface area (Å²) in [4.78, 5) is 0.761. The van der Waals surface area contributed by atoms with Crippen LogP contribution in [0.5, 0.6) is 0 Å². The summed E-state index contributed by atoms with van der Waals surface area (Å²) in [5.41, 5.74) is 6.09. The SMILES string of the molecule is NCC(c1cc(F)cc(F)c1)C(O)c1cc2sccc2s1. The van der Waals surface area contributed by atoms with E-state index in [2.05, 4.69) is 0 Å². The molecule has 0 fully saturated rings. The molecule has 0 amide bonds. The summed E-state index contributed by atoms with van der Waals surface area (Å²) in [6.07, 6.45) is -0.874. The first-order chi connectivity index (χ1) is 10.1. The van der Waals surface area contributed by atoms with Gasteiger partial charge in [0.1, 0.15) is 11.6 Å². The highest BCUT2D eigenvalue weighted by Gasteiger charge is 2.24. The molecular weight excluding hydrogens is 312 g/mol. The van der Waals surface area contributed by atoms with Crippen LogP contribution in [-0.4, -0.2) is 11.7 Å². The minimum absolute atomic E-state index is 0.107. The van der Waals surface area contributed by atoms with Crippen LogP contribution in [0, 0.1) is 11.6 Å². The van der Waals surface area contributed by atoms with Crippen LogP contribution in [0.15, 0.2) is 35.7 Å². The molecule has 0 aliphatic rings. The number of benzene rings is 1. The minimum atomic E-state index is -0.874. The summed E-state index contributed by atoms with van der Waals surface area (Å²) >= 11 is 3.07. The molecule has 3 N–H and O–H groups in total. The van der Waals surface area contributed by atoms with E-state index in [4.69, 9.17) is 5.73 Å². The number of halogens is 2. The number of thiophene rings is 2. The van der Waals surface area contributed by atoms with E-state index in [1.165, 1.54) is 23.5 Å². The Kier molecular flexibility index (Phi) is 4.03. The lowest BCUT2D eigenvalue weighted by Gasteiger charge is -2.21. The van der Waals surface area contributed by atoms with Gasteiger partial charge in [-0.25, -0.2) is 8.78 Å². The molecule has 2 aromatic heterocycles. The van der Waals surface area contributed by atoms with Crippen LogP contribution in [0.4, 0.5) is 8.78 Å². The molecule has 110 valence electrons. The van der Waals surface area contributed by atoms with Gasteiger partial charge < -0.3 is 10.8 Å². The van der Waals surface area contributed by atoms with Gasteiger partial charge in [0, 0.05) is 32.8 Å². The summed E-state index contributed by atoms with van der Waals surface area (Å²) in [6, 6.07) is 7.15.